The van der Waals surface area contributed by atoms with Crippen molar-refractivity contribution >= 4 is 28.7 Å². The molecule has 0 spiro atoms. The van der Waals surface area contributed by atoms with Crippen molar-refractivity contribution in [2.24, 2.45) is 0 Å². The van der Waals surface area contributed by atoms with Crippen LogP contribution in [0.15, 0.2) is 12.1 Å². The third kappa shape index (κ3) is 3.80. The molecule has 0 radical (unpaired) electrons. The summed E-state index contributed by atoms with van der Waals surface area (Å²) in [4.78, 5) is 13.7. The van der Waals surface area contributed by atoms with E-state index in [9.17, 15) is 4.79 Å². The highest BCUT2D eigenvalue weighted by Crippen LogP contribution is 2.33. The lowest BCUT2D eigenvalue weighted by Crippen LogP contribution is -2.42. The van der Waals surface area contributed by atoms with Gasteiger partial charge in [-0.25, -0.2) is 0 Å². The smallest absolute Gasteiger partial charge is 0.169 e. The Balaban J connectivity index is 2.10. The van der Waals surface area contributed by atoms with Gasteiger partial charge in [-0.05, 0) is 31.9 Å². The monoisotopic (exact) mass is 300 g/mol. The SMILES string of the molecule is CCOC1(C(=O)Cc2ccc(Cl)s2)CCCCCC1. The van der Waals surface area contributed by atoms with Crippen molar-refractivity contribution < 1.29 is 9.53 Å². The minimum absolute atomic E-state index is 0.231. The van der Waals surface area contributed by atoms with Gasteiger partial charge >= 0.3 is 0 Å². The van der Waals surface area contributed by atoms with Gasteiger partial charge in [0.1, 0.15) is 5.60 Å². The highest BCUT2D eigenvalue weighted by Gasteiger charge is 2.38. The predicted molar refractivity (Wildman–Crippen MR) is 80.1 cm³/mol. The Labute approximate surface area is 124 Å². The Bertz CT molecular complexity index is 420. The van der Waals surface area contributed by atoms with Gasteiger partial charge in [-0.3, -0.25) is 4.79 Å². The lowest BCUT2D eigenvalue weighted by molar-refractivity contribution is -0.145. The average Bonchev–Trinajstić information content (AvgIpc) is 2.65. The van der Waals surface area contributed by atoms with E-state index in [1.807, 2.05) is 19.1 Å². The Kier molecular flexibility index (Phi) is 5.43. The molecule has 2 nitrogen and oxygen atoms in total. The predicted octanol–water partition coefficient (Wildman–Crippen LogP) is 4.64. The van der Waals surface area contributed by atoms with Crippen molar-refractivity contribution in [2.45, 2.75) is 57.5 Å². The summed E-state index contributed by atoms with van der Waals surface area (Å²) in [6.07, 6.45) is 6.82. The van der Waals surface area contributed by atoms with Crippen molar-refractivity contribution in [3.8, 4) is 0 Å². The second-order valence-electron chi connectivity index (χ2n) is 5.15. The second kappa shape index (κ2) is 6.87. The van der Waals surface area contributed by atoms with Gasteiger partial charge in [0.15, 0.2) is 5.78 Å². The number of hydrogen-bond acceptors (Lipinski definition) is 3. The van der Waals surface area contributed by atoms with E-state index in [0.29, 0.717) is 13.0 Å². The van der Waals surface area contributed by atoms with Crippen molar-refractivity contribution in [3.05, 3.63) is 21.3 Å². The van der Waals surface area contributed by atoms with E-state index in [1.54, 1.807) is 0 Å². The number of thiophene rings is 1. The van der Waals surface area contributed by atoms with Crippen LogP contribution in [-0.2, 0) is 16.0 Å². The zero-order chi connectivity index (χ0) is 13.7. The van der Waals surface area contributed by atoms with Crippen LogP contribution >= 0.6 is 22.9 Å². The molecule has 0 aromatic carbocycles. The first-order valence-electron chi connectivity index (χ1n) is 7.08. The van der Waals surface area contributed by atoms with Crippen LogP contribution in [0.4, 0.5) is 0 Å². The topological polar surface area (TPSA) is 26.3 Å². The molecular formula is C15H21ClO2S. The first-order chi connectivity index (χ1) is 9.16. The molecule has 106 valence electrons. The van der Waals surface area contributed by atoms with Crippen LogP contribution in [0, 0.1) is 0 Å². The lowest BCUT2D eigenvalue weighted by atomic mass is 9.87. The summed E-state index contributed by atoms with van der Waals surface area (Å²) in [6.45, 7) is 2.58. The summed E-state index contributed by atoms with van der Waals surface area (Å²) in [5.74, 6) is 0.231. The third-order valence-corrected chi connectivity index (χ3v) is 5.03. The molecular weight excluding hydrogens is 280 g/mol. The molecule has 0 unspecified atom stereocenters. The fourth-order valence-electron chi connectivity index (χ4n) is 2.85. The maximum atomic E-state index is 12.7. The Morgan fingerprint density at radius 2 is 2.00 bits per heavy atom. The van der Waals surface area contributed by atoms with Crippen LogP contribution in [0.2, 0.25) is 4.34 Å². The molecule has 1 aliphatic rings. The van der Waals surface area contributed by atoms with Crippen LogP contribution < -0.4 is 0 Å². The van der Waals surface area contributed by atoms with Crippen LogP contribution in [0.25, 0.3) is 0 Å². The van der Waals surface area contributed by atoms with Crippen molar-refractivity contribution in [1.82, 2.24) is 0 Å². The van der Waals surface area contributed by atoms with Gasteiger partial charge in [0.25, 0.3) is 0 Å². The Morgan fingerprint density at radius 1 is 1.32 bits per heavy atom. The van der Waals surface area contributed by atoms with Gasteiger partial charge in [-0.2, -0.15) is 0 Å². The molecule has 0 saturated heterocycles. The molecule has 2 rings (SSSR count). The van der Waals surface area contributed by atoms with Gasteiger partial charge in [0.2, 0.25) is 0 Å². The third-order valence-electron chi connectivity index (χ3n) is 3.80. The molecule has 1 aliphatic carbocycles. The van der Waals surface area contributed by atoms with Crippen molar-refractivity contribution in [1.29, 1.82) is 0 Å². The standard InChI is InChI=1S/C15H21ClO2S/c1-2-18-15(9-5-3-4-6-10-15)13(17)11-12-7-8-14(16)19-12/h7-8H,2-6,9-11H2,1H3. The summed E-state index contributed by atoms with van der Waals surface area (Å²) < 4.78 is 6.66. The van der Waals surface area contributed by atoms with E-state index in [0.717, 1.165) is 34.9 Å². The lowest BCUT2D eigenvalue weighted by Gasteiger charge is -2.31. The fourth-order valence-corrected chi connectivity index (χ4v) is 3.93. The Hall–Kier alpha value is -0.380. The van der Waals surface area contributed by atoms with E-state index in [-0.39, 0.29) is 5.78 Å². The van der Waals surface area contributed by atoms with E-state index >= 15 is 0 Å². The van der Waals surface area contributed by atoms with Gasteiger partial charge in [-0.15, -0.1) is 11.3 Å². The molecule has 1 aromatic heterocycles. The number of Topliss-reactive ketones (excluding diaryl/α,β-unsaturated/α-hetero) is 1. The van der Waals surface area contributed by atoms with E-state index in [4.69, 9.17) is 16.3 Å². The fraction of sp³-hybridized carbons (Fsp3) is 0.667. The van der Waals surface area contributed by atoms with E-state index < -0.39 is 5.60 Å². The molecule has 1 saturated carbocycles. The maximum absolute atomic E-state index is 12.7. The number of hydrogen-bond donors (Lipinski definition) is 0. The summed E-state index contributed by atoms with van der Waals surface area (Å²) >= 11 is 7.42. The van der Waals surface area contributed by atoms with Crippen LogP contribution in [0.5, 0.6) is 0 Å². The van der Waals surface area contributed by atoms with Gasteiger partial charge < -0.3 is 4.74 Å². The minimum Gasteiger partial charge on any atom is -0.367 e. The number of halogens is 1. The summed E-state index contributed by atoms with van der Waals surface area (Å²) in [6, 6.07) is 3.80. The van der Waals surface area contributed by atoms with Crippen LogP contribution in [0.1, 0.15) is 50.3 Å². The highest BCUT2D eigenvalue weighted by atomic mass is 35.5. The molecule has 0 aliphatic heterocycles. The number of ketones is 1. The summed E-state index contributed by atoms with van der Waals surface area (Å²) in [5, 5.41) is 0. The quantitative estimate of drug-likeness (QED) is 0.740. The largest absolute Gasteiger partial charge is 0.367 e. The Morgan fingerprint density at radius 3 is 2.53 bits per heavy atom. The normalized spacial score (nSPS) is 19.1. The molecule has 0 amide bonds. The number of carbonyl (C=O) groups is 1. The van der Waals surface area contributed by atoms with E-state index in [2.05, 4.69) is 0 Å². The zero-order valence-corrected chi connectivity index (χ0v) is 13.0. The molecule has 1 aromatic rings. The van der Waals surface area contributed by atoms with Gasteiger partial charge in [0.05, 0.1) is 4.34 Å². The molecule has 4 heteroatoms. The summed E-state index contributed by atoms with van der Waals surface area (Å²) in [5.41, 5.74) is -0.540. The molecule has 0 atom stereocenters. The van der Waals surface area contributed by atoms with Crippen LogP contribution in [0.3, 0.4) is 0 Å². The summed E-state index contributed by atoms with van der Waals surface area (Å²) in [7, 11) is 0. The van der Waals surface area contributed by atoms with Crippen molar-refractivity contribution in [3.63, 3.8) is 0 Å². The highest BCUT2D eigenvalue weighted by molar-refractivity contribution is 7.16. The molecule has 0 bridgehead atoms. The number of ether oxygens (including phenoxy) is 1. The number of rotatable bonds is 5. The van der Waals surface area contributed by atoms with Crippen LogP contribution in [-0.4, -0.2) is 18.0 Å². The molecule has 1 fully saturated rings. The zero-order valence-electron chi connectivity index (χ0n) is 11.4. The molecule has 19 heavy (non-hydrogen) atoms. The van der Waals surface area contributed by atoms with Crippen molar-refractivity contribution in [2.75, 3.05) is 6.61 Å². The second-order valence-corrected chi connectivity index (χ2v) is 6.95. The average molecular weight is 301 g/mol. The number of carbonyl (C=O) groups excluding carboxylic acids is 1. The maximum Gasteiger partial charge on any atom is 0.169 e. The van der Waals surface area contributed by atoms with Gasteiger partial charge in [-0.1, -0.05) is 37.3 Å². The molecule has 1 heterocycles. The van der Waals surface area contributed by atoms with Gasteiger partial charge in [0, 0.05) is 17.9 Å². The first kappa shape index (κ1) is 15.0. The molecule has 0 N–H and O–H groups in total. The van der Waals surface area contributed by atoms with E-state index in [1.165, 1.54) is 24.2 Å². The first-order valence-corrected chi connectivity index (χ1v) is 8.27. The minimum atomic E-state index is -0.540.